The first-order chi connectivity index (χ1) is 17.4. The van der Waals surface area contributed by atoms with Gasteiger partial charge in [0.15, 0.2) is 15.8 Å². The number of nitrogens with zero attached hydrogens (tertiary/aromatic N) is 1. The van der Waals surface area contributed by atoms with Crippen LogP contribution >= 0.6 is 35.6 Å². The van der Waals surface area contributed by atoms with Crippen LogP contribution in [0.1, 0.15) is 28.4 Å². The standard InChI is InChI=1S/C26H20ClFN2O4S2/c1-2-33-22-13-16(7-12-21(22)34-15-18-5-3-4-6-20(18)28)14-23-25(32)30(26(35)36-23)29-24(31)17-8-10-19(27)11-9-17/h3-14H,2,15H2,1H3,(H,29,31)/b23-14+. The molecule has 36 heavy (non-hydrogen) atoms. The predicted molar refractivity (Wildman–Crippen MR) is 142 cm³/mol. The van der Waals surface area contributed by atoms with E-state index < -0.39 is 11.8 Å². The van der Waals surface area contributed by atoms with Gasteiger partial charge in [-0.2, -0.15) is 5.01 Å². The summed E-state index contributed by atoms with van der Waals surface area (Å²) in [4.78, 5) is 25.8. The molecule has 0 aromatic heterocycles. The van der Waals surface area contributed by atoms with Crippen molar-refractivity contribution < 1.29 is 23.5 Å². The molecule has 0 unspecified atom stereocenters. The van der Waals surface area contributed by atoms with Gasteiger partial charge in [-0.15, -0.1) is 0 Å². The first kappa shape index (κ1) is 25.7. The van der Waals surface area contributed by atoms with Crippen molar-refractivity contribution in [2.45, 2.75) is 13.5 Å². The lowest BCUT2D eigenvalue weighted by atomic mass is 10.1. The lowest BCUT2D eigenvalue weighted by Gasteiger charge is -2.15. The second kappa shape index (κ2) is 11.6. The molecular formula is C26H20ClFN2O4S2. The Bertz CT molecular complexity index is 1350. The highest BCUT2D eigenvalue weighted by Crippen LogP contribution is 2.34. The third-order valence-corrected chi connectivity index (χ3v) is 6.57. The molecule has 0 bridgehead atoms. The summed E-state index contributed by atoms with van der Waals surface area (Å²) in [5.41, 5.74) is 3.96. The molecule has 3 aromatic carbocycles. The van der Waals surface area contributed by atoms with Crippen LogP contribution in [0.4, 0.5) is 4.39 Å². The van der Waals surface area contributed by atoms with Crippen molar-refractivity contribution in [2.75, 3.05) is 6.61 Å². The fraction of sp³-hybridized carbons (Fsp3) is 0.115. The van der Waals surface area contributed by atoms with Gasteiger partial charge in [0.05, 0.1) is 11.5 Å². The van der Waals surface area contributed by atoms with E-state index >= 15 is 0 Å². The second-order valence-corrected chi connectivity index (χ2v) is 9.60. The topological polar surface area (TPSA) is 67.9 Å². The first-order valence-corrected chi connectivity index (χ1v) is 12.4. The molecular weight excluding hydrogens is 523 g/mol. The van der Waals surface area contributed by atoms with Gasteiger partial charge in [0, 0.05) is 16.1 Å². The molecule has 1 fully saturated rings. The minimum absolute atomic E-state index is 0.0398. The summed E-state index contributed by atoms with van der Waals surface area (Å²) in [5, 5.41) is 1.54. The fourth-order valence-corrected chi connectivity index (χ4v) is 4.56. The number of benzene rings is 3. The average Bonchev–Trinajstić information content (AvgIpc) is 3.12. The van der Waals surface area contributed by atoms with Crippen LogP contribution in [0, 0.1) is 5.82 Å². The molecule has 0 radical (unpaired) electrons. The van der Waals surface area contributed by atoms with Crippen LogP contribution in [0.25, 0.3) is 6.08 Å². The molecule has 184 valence electrons. The number of halogens is 2. The second-order valence-electron chi connectivity index (χ2n) is 7.48. The molecule has 1 aliphatic heterocycles. The minimum atomic E-state index is -0.487. The van der Waals surface area contributed by atoms with E-state index in [4.69, 9.17) is 33.3 Å². The third kappa shape index (κ3) is 6.04. The molecule has 0 atom stereocenters. The number of ether oxygens (including phenoxy) is 2. The van der Waals surface area contributed by atoms with Crippen molar-refractivity contribution in [3.8, 4) is 11.5 Å². The number of carbonyl (C=O) groups is 2. The smallest absolute Gasteiger partial charge is 0.285 e. The van der Waals surface area contributed by atoms with E-state index in [0.29, 0.717) is 44.7 Å². The number of nitrogens with one attached hydrogen (secondary N) is 1. The maximum absolute atomic E-state index is 13.9. The van der Waals surface area contributed by atoms with Crippen LogP contribution in [0.2, 0.25) is 5.02 Å². The van der Waals surface area contributed by atoms with E-state index in [-0.39, 0.29) is 16.7 Å². The Morgan fingerprint density at radius 2 is 1.86 bits per heavy atom. The quantitative estimate of drug-likeness (QED) is 0.278. The molecule has 0 spiro atoms. The molecule has 0 aliphatic carbocycles. The van der Waals surface area contributed by atoms with Gasteiger partial charge >= 0.3 is 0 Å². The zero-order valence-electron chi connectivity index (χ0n) is 19.0. The van der Waals surface area contributed by atoms with E-state index in [9.17, 15) is 14.0 Å². The summed E-state index contributed by atoms with van der Waals surface area (Å²) in [7, 11) is 0. The highest BCUT2D eigenvalue weighted by Gasteiger charge is 2.33. The number of amides is 2. The highest BCUT2D eigenvalue weighted by atomic mass is 35.5. The van der Waals surface area contributed by atoms with Crippen LogP contribution in [0.15, 0.2) is 71.6 Å². The summed E-state index contributed by atoms with van der Waals surface area (Å²) >= 11 is 12.2. The van der Waals surface area contributed by atoms with Gasteiger partial charge in [-0.3, -0.25) is 15.0 Å². The SMILES string of the molecule is CCOc1cc(/C=C2/SC(=S)N(NC(=O)c3ccc(Cl)cc3)C2=O)ccc1OCc1ccccc1F. The van der Waals surface area contributed by atoms with Crippen molar-refractivity contribution in [3.63, 3.8) is 0 Å². The lowest BCUT2D eigenvalue weighted by molar-refractivity contribution is -0.123. The van der Waals surface area contributed by atoms with Gasteiger partial charge in [-0.05, 0) is 73.2 Å². The Balaban J connectivity index is 1.49. The summed E-state index contributed by atoms with van der Waals surface area (Å²) < 4.78 is 25.6. The van der Waals surface area contributed by atoms with Crippen LogP contribution in [0.3, 0.4) is 0 Å². The van der Waals surface area contributed by atoms with Gasteiger partial charge in [-0.25, -0.2) is 4.39 Å². The summed E-state index contributed by atoms with van der Waals surface area (Å²) in [6.07, 6.45) is 1.65. The molecule has 1 aliphatic rings. The van der Waals surface area contributed by atoms with Gasteiger partial charge in [0.25, 0.3) is 11.8 Å². The number of rotatable bonds is 8. The van der Waals surface area contributed by atoms with Gasteiger partial charge < -0.3 is 9.47 Å². The van der Waals surface area contributed by atoms with Gasteiger partial charge in [0.2, 0.25) is 0 Å². The van der Waals surface area contributed by atoms with E-state index in [0.717, 1.165) is 16.8 Å². The zero-order chi connectivity index (χ0) is 25.7. The number of hydrazine groups is 1. The molecule has 2 amide bonds. The Labute approximate surface area is 222 Å². The Morgan fingerprint density at radius 1 is 1.11 bits per heavy atom. The molecule has 6 nitrogen and oxygen atoms in total. The average molecular weight is 543 g/mol. The Kier molecular flexibility index (Phi) is 8.25. The number of thioether (sulfide) groups is 1. The normalized spacial score (nSPS) is 14.3. The van der Waals surface area contributed by atoms with Gasteiger partial charge in [-0.1, -0.05) is 47.6 Å². The minimum Gasteiger partial charge on any atom is -0.490 e. The van der Waals surface area contributed by atoms with Crippen molar-refractivity contribution >= 4 is 57.8 Å². The van der Waals surface area contributed by atoms with Crippen LogP contribution in [0.5, 0.6) is 11.5 Å². The molecule has 1 heterocycles. The molecule has 10 heteroatoms. The van der Waals surface area contributed by atoms with Crippen molar-refractivity contribution in [1.29, 1.82) is 0 Å². The zero-order valence-corrected chi connectivity index (χ0v) is 21.4. The predicted octanol–water partition coefficient (Wildman–Crippen LogP) is 6.00. The molecule has 4 rings (SSSR count). The van der Waals surface area contributed by atoms with Crippen LogP contribution in [-0.4, -0.2) is 27.8 Å². The Morgan fingerprint density at radius 3 is 2.58 bits per heavy atom. The molecule has 0 saturated carbocycles. The number of carbonyl (C=O) groups excluding carboxylic acids is 2. The van der Waals surface area contributed by atoms with Crippen LogP contribution in [-0.2, 0) is 11.4 Å². The molecule has 1 saturated heterocycles. The van der Waals surface area contributed by atoms with E-state index in [1.54, 1.807) is 66.7 Å². The van der Waals surface area contributed by atoms with E-state index in [2.05, 4.69) is 5.43 Å². The summed E-state index contributed by atoms with van der Waals surface area (Å²) in [6, 6.07) is 17.8. The van der Waals surface area contributed by atoms with Crippen molar-refractivity contribution in [1.82, 2.24) is 10.4 Å². The summed E-state index contributed by atoms with van der Waals surface area (Å²) in [6.45, 7) is 2.26. The monoisotopic (exact) mass is 542 g/mol. The third-order valence-electron chi connectivity index (χ3n) is 5.02. The lowest BCUT2D eigenvalue weighted by Crippen LogP contribution is -2.44. The highest BCUT2D eigenvalue weighted by molar-refractivity contribution is 8.26. The maximum atomic E-state index is 13.9. The molecule has 3 aromatic rings. The van der Waals surface area contributed by atoms with Gasteiger partial charge in [0.1, 0.15) is 12.4 Å². The largest absolute Gasteiger partial charge is 0.490 e. The molecule has 1 N–H and O–H groups in total. The summed E-state index contributed by atoms with van der Waals surface area (Å²) in [5.74, 6) is -0.393. The van der Waals surface area contributed by atoms with E-state index in [1.165, 1.54) is 6.07 Å². The number of hydrogen-bond acceptors (Lipinski definition) is 6. The number of thiocarbonyl (C=S) groups is 1. The van der Waals surface area contributed by atoms with Crippen molar-refractivity contribution in [3.05, 3.63) is 99.2 Å². The maximum Gasteiger partial charge on any atom is 0.285 e. The Hall–Kier alpha value is -3.40. The van der Waals surface area contributed by atoms with Crippen LogP contribution < -0.4 is 14.9 Å². The first-order valence-electron chi connectivity index (χ1n) is 10.8. The number of hydrogen-bond donors (Lipinski definition) is 1. The van der Waals surface area contributed by atoms with Crippen molar-refractivity contribution in [2.24, 2.45) is 0 Å². The fourth-order valence-electron chi connectivity index (χ4n) is 3.26. The van der Waals surface area contributed by atoms with E-state index in [1.807, 2.05) is 6.92 Å².